The fourth-order valence-electron chi connectivity index (χ4n) is 2.19. The molecule has 0 spiro atoms. The Morgan fingerprint density at radius 2 is 2.12 bits per heavy atom. The second kappa shape index (κ2) is 5.07. The minimum absolute atomic E-state index is 0.135. The fraction of sp³-hybridized carbons (Fsp3) is 0.462. The normalized spacial score (nSPS) is 20.4. The predicted octanol–water partition coefficient (Wildman–Crippen LogP) is 2.44. The molecule has 0 aromatic heterocycles. The monoisotopic (exact) mass is 252 g/mol. The Morgan fingerprint density at radius 1 is 1.41 bits per heavy atom. The molecule has 2 rings (SSSR count). The molecule has 1 N–H and O–H groups in total. The lowest BCUT2D eigenvalue weighted by Crippen LogP contribution is -2.37. The molecule has 0 bridgehead atoms. The van der Waals surface area contributed by atoms with Crippen LogP contribution < -0.4 is 10.2 Å². The molecule has 0 saturated carbocycles. The molecule has 1 aliphatic heterocycles. The minimum atomic E-state index is 0.135. The predicted molar refractivity (Wildman–Crippen MR) is 70.5 cm³/mol. The number of benzene rings is 1. The van der Waals surface area contributed by atoms with Crippen LogP contribution >= 0.6 is 11.6 Å². The third kappa shape index (κ3) is 2.79. The van der Waals surface area contributed by atoms with Crippen molar-refractivity contribution in [1.29, 1.82) is 0 Å². The van der Waals surface area contributed by atoms with E-state index in [9.17, 15) is 4.79 Å². The van der Waals surface area contributed by atoms with Crippen molar-refractivity contribution in [1.82, 2.24) is 5.32 Å². The lowest BCUT2D eigenvalue weighted by atomic mass is 10.2. The number of nitrogens with one attached hydrogen (secondary N) is 1. The second-order valence-corrected chi connectivity index (χ2v) is 5.09. The molecular weight excluding hydrogens is 236 g/mol. The van der Waals surface area contributed by atoms with Crippen LogP contribution in [0.25, 0.3) is 0 Å². The maximum Gasteiger partial charge on any atom is 0.228 e. The molecule has 1 unspecified atom stereocenters. The number of hydrogen-bond acceptors (Lipinski definition) is 2. The summed E-state index contributed by atoms with van der Waals surface area (Å²) in [7, 11) is 0. The van der Waals surface area contributed by atoms with Gasteiger partial charge < -0.3 is 10.2 Å². The van der Waals surface area contributed by atoms with E-state index >= 15 is 0 Å². The lowest BCUT2D eigenvalue weighted by molar-refractivity contribution is -0.117. The van der Waals surface area contributed by atoms with Crippen LogP contribution in [0.5, 0.6) is 0 Å². The van der Waals surface area contributed by atoms with E-state index in [0.29, 0.717) is 24.0 Å². The molecule has 17 heavy (non-hydrogen) atoms. The zero-order valence-corrected chi connectivity index (χ0v) is 10.9. The molecule has 1 saturated heterocycles. The summed E-state index contributed by atoms with van der Waals surface area (Å²) in [5.74, 6) is 0.135. The van der Waals surface area contributed by atoms with Crippen molar-refractivity contribution in [2.45, 2.75) is 32.4 Å². The van der Waals surface area contributed by atoms with E-state index in [1.165, 1.54) is 0 Å². The molecule has 1 aromatic carbocycles. The van der Waals surface area contributed by atoms with Crippen LogP contribution in [0.15, 0.2) is 24.3 Å². The first-order valence-electron chi connectivity index (χ1n) is 5.89. The fourth-order valence-corrected chi connectivity index (χ4v) is 2.43. The van der Waals surface area contributed by atoms with Gasteiger partial charge in [0.05, 0.1) is 10.7 Å². The molecule has 0 aliphatic carbocycles. The van der Waals surface area contributed by atoms with Crippen molar-refractivity contribution < 1.29 is 4.79 Å². The molecule has 1 amide bonds. The van der Waals surface area contributed by atoms with Gasteiger partial charge in [0.25, 0.3) is 0 Å². The van der Waals surface area contributed by atoms with Gasteiger partial charge >= 0.3 is 0 Å². The van der Waals surface area contributed by atoms with Crippen LogP contribution in [-0.4, -0.2) is 24.5 Å². The van der Waals surface area contributed by atoms with Crippen molar-refractivity contribution in [2.75, 3.05) is 11.4 Å². The summed E-state index contributed by atoms with van der Waals surface area (Å²) in [6.45, 7) is 4.87. The third-order valence-electron chi connectivity index (χ3n) is 2.84. The highest BCUT2D eigenvalue weighted by atomic mass is 35.5. The summed E-state index contributed by atoms with van der Waals surface area (Å²) in [5.41, 5.74) is 0.812. The van der Waals surface area contributed by atoms with Crippen LogP contribution in [0, 0.1) is 0 Å². The van der Waals surface area contributed by atoms with Gasteiger partial charge in [0.2, 0.25) is 5.91 Å². The maximum atomic E-state index is 11.9. The van der Waals surface area contributed by atoms with Crippen molar-refractivity contribution >= 4 is 23.2 Å². The summed E-state index contributed by atoms with van der Waals surface area (Å²) in [6.07, 6.45) is 0.545. The Hall–Kier alpha value is -1.06. The van der Waals surface area contributed by atoms with Gasteiger partial charge in [-0.2, -0.15) is 0 Å². The average molecular weight is 253 g/mol. The summed E-state index contributed by atoms with van der Waals surface area (Å²) >= 11 is 6.11. The van der Waals surface area contributed by atoms with Crippen LogP contribution in [0.1, 0.15) is 20.3 Å². The summed E-state index contributed by atoms with van der Waals surface area (Å²) in [6, 6.07) is 8.08. The number of para-hydroxylation sites is 1. The Kier molecular flexibility index (Phi) is 3.69. The minimum Gasteiger partial charge on any atom is -0.309 e. The summed E-state index contributed by atoms with van der Waals surface area (Å²) < 4.78 is 0. The highest BCUT2D eigenvalue weighted by Crippen LogP contribution is 2.28. The Morgan fingerprint density at radius 3 is 2.76 bits per heavy atom. The number of amides is 1. The van der Waals surface area contributed by atoms with Crippen molar-refractivity contribution in [3.05, 3.63) is 29.3 Å². The quantitative estimate of drug-likeness (QED) is 0.896. The van der Waals surface area contributed by atoms with Gasteiger partial charge in [-0.15, -0.1) is 0 Å². The average Bonchev–Trinajstić information content (AvgIpc) is 2.59. The molecule has 1 aliphatic rings. The van der Waals surface area contributed by atoms with Gasteiger partial charge in [0.1, 0.15) is 0 Å². The number of nitrogens with zero attached hydrogens (tertiary/aromatic N) is 1. The molecule has 1 fully saturated rings. The third-order valence-corrected chi connectivity index (χ3v) is 3.16. The second-order valence-electron chi connectivity index (χ2n) is 4.68. The lowest BCUT2D eigenvalue weighted by Gasteiger charge is -2.19. The van der Waals surface area contributed by atoms with Gasteiger partial charge in [-0.05, 0) is 12.1 Å². The first-order chi connectivity index (χ1) is 8.08. The molecule has 1 heterocycles. The number of halogens is 1. The smallest absolute Gasteiger partial charge is 0.228 e. The van der Waals surface area contributed by atoms with Gasteiger partial charge in [0, 0.05) is 25.0 Å². The van der Waals surface area contributed by atoms with Crippen LogP contribution in [-0.2, 0) is 4.79 Å². The zero-order valence-electron chi connectivity index (χ0n) is 10.1. The van der Waals surface area contributed by atoms with E-state index in [4.69, 9.17) is 11.6 Å². The number of carbonyl (C=O) groups is 1. The first kappa shape index (κ1) is 12.4. The standard InChI is InChI=1S/C13H17ClN2O/c1-9(2)15-10-7-13(17)16(8-10)12-6-4-3-5-11(12)14/h3-6,9-10,15H,7-8H2,1-2H3. The van der Waals surface area contributed by atoms with Crippen LogP contribution in [0.4, 0.5) is 5.69 Å². The van der Waals surface area contributed by atoms with Gasteiger partial charge in [-0.1, -0.05) is 37.6 Å². The zero-order chi connectivity index (χ0) is 12.4. The van der Waals surface area contributed by atoms with Gasteiger partial charge in [-0.25, -0.2) is 0 Å². The Balaban J connectivity index is 2.13. The van der Waals surface area contributed by atoms with E-state index in [-0.39, 0.29) is 11.9 Å². The molecule has 1 aromatic rings. The van der Waals surface area contributed by atoms with E-state index < -0.39 is 0 Å². The van der Waals surface area contributed by atoms with E-state index in [2.05, 4.69) is 19.2 Å². The largest absolute Gasteiger partial charge is 0.309 e. The summed E-state index contributed by atoms with van der Waals surface area (Å²) in [4.78, 5) is 13.7. The molecule has 92 valence electrons. The molecule has 4 heteroatoms. The van der Waals surface area contributed by atoms with Crippen molar-refractivity contribution in [3.63, 3.8) is 0 Å². The first-order valence-corrected chi connectivity index (χ1v) is 6.26. The molecule has 3 nitrogen and oxygen atoms in total. The SMILES string of the molecule is CC(C)NC1CC(=O)N(c2ccccc2Cl)C1. The molecule has 0 radical (unpaired) electrons. The van der Waals surface area contributed by atoms with Crippen molar-refractivity contribution in [2.24, 2.45) is 0 Å². The van der Waals surface area contributed by atoms with Crippen LogP contribution in [0.3, 0.4) is 0 Å². The van der Waals surface area contributed by atoms with E-state index in [1.54, 1.807) is 4.90 Å². The topological polar surface area (TPSA) is 32.3 Å². The van der Waals surface area contributed by atoms with E-state index in [1.807, 2.05) is 24.3 Å². The number of hydrogen-bond donors (Lipinski definition) is 1. The Bertz CT molecular complexity index is 420. The number of carbonyl (C=O) groups excluding carboxylic acids is 1. The number of anilines is 1. The molecule has 1 atom stereocenters. The maximum absolute atomic E-state index is 11.9. The van der Waals surface area contributed by atoms with Gasteiger partial charge in [-0.3, -0.25) is 4.79 Å². The highest BCUT2D eigenvalue weighted by molar-refractivity contribution is 6.33. The van der Waals surface area contributed by atoms with Gasteiger partial charge in [0.15, 0.2) is 0 Å². The summed E-state index contributed by atoms with van der Waals surface area (Å²) in [5, 5.41) is 4.02. The van der Waals surface area contributed by atoms with E-state index in [0.717, 1.165) is 5.69 Å². The van der Waals surface area contributed by atoms with Crippen molar-refractivity contribution in [3.8, 4) is 0 Å². The molecular formula is C13H17ClN2O. The Labute approximate surface area is 107 Å². The highest BCUT2D eigenvalue weighted by Gasteiger charge is 2.31. The van der Waals surface area contributed by atoms with Crippen LogP contribution in [0.2, 0.25) is 5.02 Å². The number of rotatable bonds is 3.